The summed E-state index contributed by atoms with van der Waals surface area (Å²) in [7, 11) is 1.89. The second kappa shape index (κ2) is 12.7. The smallest absolute Gasteiger partial charge is 0.193 e. The van der Waals surface area contributed by atoms with Gasteiger partial charge in [-0.25, -0.2) is 0 Å². The molecule has 0 radical (unpaired) electrons. The summed E-state index contributed by atoms with van der Waals surface area (Å²) in [6.07, 6.45) is 1.21. The number of guanidine groups is 1. The average molecular weight is 515 g/mol. The standard InChI is InChI=1S/C22H37N5O.HI/c1-4-25(5-2)17-20-8-6-7-19(15-20)16-24-22(23-3)27-10-9-21(18-27)26-11-13-28-14-12-26;/h6-8,15,21H,4-5,9-14,16-18H2,1-3H3,(H,23,24);1H. The Hall–Kier alpha value is -0.900. The molecule has 1 aromatic carbocycles. The number of rotatable bonds is 7. The molecule has 0 saturated carbocycles. The van der Waals surface area contributed by atoms with E-state index in [1.165, 1.54) is 17.5 Å². The largest absolute Gasteiger partial charge is 0.379 e. The van der Waals surface area contributed by atoms with Crippen molar-refractivity contribution in [2.24, 2.45) is 4.99 Å². The van der Waals surface area contributed by atoms with Crippen molar-refractivity contribution in [1.29, 1.82) is 0 Å². The molecule has 1 aromatic rings. The second-order valence-corrected chi connectivity index (χ2v) is 7.72. The first-order chi connectivity index (χ1) is 13.7. The van der Waals surface area contributed by atoms with Crippen molar-refractivity contribution in [1.82, 2.24) is 20.0 Å². The summed E-state index contributed by atoms with van der Waals surface area (Å²) in [5.41, 5.74) is 2.70. The van der Waals surface area contributed by atoms with Crippen LogP contribution < -0.4 is 5.32 Å². The van der Waals surface area contributed by atoms with Gasteiger partial charge in [0.15, 0.2) is 5.96 Å². The molecule has 1 unspecified atom stereocenters. The Morgan fingerprint density at radius 1 is 1.17 bits per heavy atom. The molecule has 6 nitrogen and oxygen atoms in total. The van der Waals surface area contributed by atoms with Gasteiger partial charge in [0.1, 0.15) is 0 Å². The molecule has 1 atom stereocenters. The van der Waals surface area contributed by atoms with Crippen LogP contribution in [0.2, 0.25) is 0 Å². The van der Waals surface area contributed by atoms with Crippen molar-refractivity contribution in [3.05, 3.63) is 35.4 Å². The highest BCUT2D eigenvalue weighted by Gasteiger charge is 2.30. The zero-order valence-electron chi connectivity index (χ0n) is 18.3. The molecular formula is C22H38IN5O. The molecule has 7 heteroatoms. The van der Waals surface area contributed by atoms with Gasteiger partial charge in [0.25, 0.3) is 0 Å². The maximum Gasteiger partial charge on any atom is 0.193 e. The van der Waals surface area contributed by atoms with Crippen LogP contribution in [0.3, 0.4) is 0 Å². The molecule has 3 rings (SSSR count). The van der Waals surface area contributed by atoms with E-state index in [0.29, 0.717) is 6.04 Å². The summed E-state index contributed by atoms with van der Waals surface area (Å²) < 4.78 is 5.50. The Morgan fingerprint density at radius 3 is 2.59 bits per heavy atom. The van der Waals surface area contributed by atoms with Gasteiger partial charge in [-0.05, 0) is 30.6 Å². The maximum atomic E-state index is 5.50. The number of hydrogen-bond acceptors (Lipinski definition) is 4. The summed E-state index contributed by atoms with van der Waals surface area (Å²) in [5, 5.41) is 3.58. The van der Waals surface area contributed by atoms with Crippen LogP contribution in [-0.4, -0.2) is 86.2 Å². The predicted octanol–water partition coefficient (Wildman–Crippen LogP) is 2.63. The number of ether oxygens (including phenoxy) is 1. The summed E-state index contributed by atoms with van der Waals surface area (Å²) in [4.78, 5) is 12.0. The van der Waals surface area contributed by atoms with E-state index in [1.807, 2.05) is 7.05 Å². The van der Waals surface area contributed by atoms with Crippen molar-refractivity contribution in [3.63, 3.8) is 0 Å². The molecule has 0 aliphatic carbocycles. The van der Waals surface area contributed by atoms with E-state index in [4.69, 9.17) is 4.74 Å². The second-order valence-electron chi connectivity index (χ2n) is 7.72. The summed E-state index contributed by atoms with van der Waals surface area (Å²) in [6.45, 7) is 14.4. The van der Waals surface area contributed by atoms with Crippen LogP contribution >= 0.6 is 24.0 Å². The Labute approximate surface area is 193 Å². The monoisotopic (exact) mass is 515 g/mol. The van der Waals surface area contributed by atoms with Gasteiger partial charge >= 0.3 is 0 Å². The zero-order chi connectivity index (χ0) is 19.8. The van der Waals surface area contributed by atoms with Crippen LogP contribution in [0.1, 0.15) is 31.4 Å². The first-order valence-electron chi connectivity index (χ1n) is 10.8. The van der Waals surface area contributed by atoms with Gasteiger partial charge in [-0.2, -0.15) is 0 Å². The van der Waals surface area contributed by atoms with E-state index in [0.717, 1.165) is 71.5 Å². The zero-order valence-corrected chi connectivity index (χ0v) is 20.6. The number of morpholine rings is 1. The van der Waals surface area contributed by atoms with Crippen LogP contribution in [0.15, 0.2) is 29.3 Å². The number of halogens is 1. The van der Waals surface area contributed by atoms with Gasteiger partial charge in [-0.1, -0.05) is 38.1 Å². The highest BCUT2D eigenvalue weighted by molar-refractivity contribution is 14.0. The number of aliphatic imine (C=N–C) groups is 1. The minimum atomic E-state index is 0. The van der Waals surface area contributed by atoms with Crippen LogP contribution in [-0.2, 0) is 17.8 Å². The minimum Gasteiger partial charge on any atom is -0.379 e. The Balaban J connectivity index is 0.00000300. The van der Waals surface area contributed by atoms with E-state index in [2.05, 4.69) is 63.1 Å². The topological polar surface area (TPSA) is 43.3 Å². The van der Waals surface area contributed by atoms with Crippen LogP contribution in [0.5, 0.6) is 0 Å². The lowest BCUT2D eigenvalue weighted by atomic mass is 10.1. The molecule has 164 valence electrons. The van der Waals surface area contributed by atoms with Gasteiger partial charge in [0, 0.05) is 52.4 Å². The van der Waals surface area contributed by atoms with Crippen LogP contribution in [0.4, 0.5) is 0 Å². The normalized spacial score (nSPS) is 20.8. The molecule has 2 saturated heterocycles. The highest BCUT2D eigenvalue weighted by atomic mass is 127. The molecule has 2 fully saturated rings. The molecule has 0 spiro atoms. The van der Waals surface area contributed by atoms with Crippen LogP contribution in [0, 0.1) is 0 Å². The Kier molecular flexibility index (Phi) is 10.7. The molecule has 2 heterocycles. The quantitative estimate of drug-likeness (QED) is 0.344. The Morgan fingerprint density at radius 2 is 1.90 bits per heavy atom. The molecule has 0 bridgehead atoms. The number of likely N-dealkylation sites (tertiary alicyclic amines) is 1. The lowest BCUT2D eigenvalue weighted by Crippen LogP contribution is -2.46. The van der Waals surface area contributed by atoms with Crippen molar-refractivity contribution in [2.75, 3.05) is 59.5 Å². The fraction of sp³-hybridized carbons (Fsp3) is 0.682. The molecule has 29 heavy (non-hydrogen) atoms. The van der Waals surface area contributed by atoms with E-state index in [1.54, 1.807) is 0 Å². The third kappa shape index (κ3) is 7.08. The fourth-order valence-corrected chi connectivity index (χ4v) is 4.23. The molecule has 0 amide bonds. The number of benzene rings is 1. The molecule has 1 N–H and O–H groups in total. The molecule has 2 aliphatic heterocycles. The summed E-state index contributed by atoms with van der Waals surface area (Å²) in [5.74, 6) is 1.02. The lowest BCUT2D eigenvalue weighted by molar-refractivity contribution is 0.0195. The Bertz CT molecular complexity index is 631. The lowest BCUT2D eigenvalue weighted by Gasteiger charge is -2.32. The molecule has 2 aliphatic rings. The summed E-state index contributed by atoms with van der Waals surface area (Å²) in [6, 6.07) is 9.54. The molecule has 0 aromatic heterocycles. The van der Waals surface area contributed by atoms with Crippen molar-refractivity contribution < 1.29 is 4.74 Å². The highest BCUT2D eigenvalue weighted by Crippen LogP contribution is 2.17. The van der Waals surface area contributed by atoms with E-state index >= 15 is 0 Å². The van der Waals surface area contributed by atoms with Crippen LogP contribution in [0.25, 0.3) is 0 Å². The maximum absolute atomic E-state index is 5.50. The van der Waals surface area contributed by atoms with Crippen molar-refractivity contribution in [2.45, 2.75) is 39.4 Å². The van der Waals surface area contributed by atoms with Crippen molar-refractivity contribution >= 4 is 29.9 Å². The van der Waals surface area contributed by atoms with Crippen molar-refractivity contribution in [3.8, 4) is 0 Å². The van der Waals surface area contributed by atoms with Gasteiger partial charge in [-0.3, -0.25) is 14.8 Å². The summed E-state index contributed by atoms with van der Waals surface area (Å²) >= 11 is 0. The molecular weight excluding hydrogens is 477 g/mol. The van der Waals surface area contributed by atoms with Gasteiger partial charge in [0.05, 0.1) is 13.2 Å². The minimum absolute atomic E-state index is 0. The predicted molar refractivity (Wildman–Crippen MR) is 131 cm³/mol. The van der Waals surface area contributed by atoms with E-state index in [-0.39, 0.29) is 24.0 Å². The average Bonchev–Trinajstić information content (AvgIpc) is 3.23. The van der Waals surface area contributed by atoms with E-state index in [9.17, 15) is 0 Å². The fourth-order valence-electron chi connectivity index (χ4n) is 4.23. The number of hydrogen-bond donors (Lipinski definition) is 1. The van der Waals surface area contributed by atoms with E-state index < -0.39 is 0 Å². The number of nitrogens with one attached hydrogen (secondary N) is 1. The van der Waals surface area contributed by atoms with Gasteiger partial charge in [-0.15, -0.1) is 24.0 Å². The van der Waals surface area contributed by atoms with Gasteiger partial charge in [0.2, 0.25) is 0 Å². The first kappa shape index (κ1) is 24.4. The third-order valence-corrected chi connectivity index (χ3v) is 5.98. The van der Waals surface area contributed by atoms with Gasteiger partial charge < -0.3 is 15.0 Å². The number of nitrogens with zero attached hydrogens (tertiary/aromatic N) is 4. The first-order valence-corrected chi connectivity index (χ1v) is 10.8. The SMILES string of the molecule is CCN(CC)Cc1cccc(CNC(=NC)N2CCC(N3CCOCC3)C2)c1.I. The third-order valence-electron chi connectivity index (χ3n) is 5.98.